The number of aromatic nitrogens is 1. The number of pyridine rings is 1. The number of nitrogens with one attached hydrogen (secondary N) is 1. The summed E-state index contributed by atoms with van der Waals surface area (Å²) in [7, 11) is 3.67. The van der Waals surface area contributed by atoms with Crippen LogP contribution >= 0.6 is 0 Å². The van der Waals surface area contributed by atoms with Crippen LogP contribution in [-0.2, 0) is 0 Å². The van der Waals surface area contributed by atoms with Crippen LogP contribution in [0.15, 0.2) is 42.7 Å². The first-order valence-electron chi connectivity index (χ1n) is 6.45. The highest BCUT2D eigenvalue weighted by molar-refractivity contribution is 5.40. The molecule has 0 saturated carbocycles. The van der Waals surface area contributed by atoms with Gasteiger partial charge in [0.2, 0.25) is 0 Å². The van der Waals surface area contributed by atoms with E-state index < -0.39 is 0 Å². The Morgan fingerprint density at radius 2 is 2.11 bits per heavy atom. The maximum Gasteiger partial charge on any atom is 0.121 e. The van der Waals surface area contributed by atoms with E-state index in [1.807, 2.05) is 25.4 Å². The van der Waals surface area contributed by atoms with Crippen molar-refractivity contribution in [3.8, 4) is 5.75 Å². The zero-order valence-corrected chi connectivity index (χ0v) is 11.7. The minimum absolute atomic E-state index is 0.309. The fraction of sp³-hybridized carbons (Fsp3) is 0.312. The molecule has 1 N–H and O–H groups in total. The third kappa shape index (κ3) is 3.12. The minimum Gasteiger partial charge on any atom is -0.496 e. The molecular weight excluding hydrogens is 236 g/mol. The quantitative estimate of drug-likeness (QED) is 0.893. The predicted molar refractivity (Wildman–Crippen MR) is 77.7 cm³/mol. The van der Waals surface area contributed by atoms with E-state index in [2.05, 4.69) is 35.4 Å². The van der Waals surface area contributed by atoms with E-state index in [0.717, 1.165) is 17.9 Å². The van der Waals surface area contributed by atoms with Crippen molar-refractivity contribution < 1.29 is 4.74 Å². The van der Waals surface area contributed by atoms with Gasteiger partial charge in [0.15, 0.2) is 0 Å². The van der Waals surface area contributed by atoms with Crippen molar-refractivity contribution in [3.63, 3.8) is 0 Å². The van der Waals surface area contributed by atoms with E-state index in [1.54, 1.807) is 13.3 Å². The molecule has 1 atom stereocenters. The van der Waals surface area contributed by atoms with Gasteiger partial charge < -0.3 is 10.1 Å². The van der Waals surface area contributed by atoms with Crippen LogP contribution < -0.4 is 10.1 Å². The lowest BCUT2D eigenvalue weighted by molar-refractivity contribution is 0.411. The van der Waals surface area contributed by atoms with Gasteiger partial charge in [0, 0.05) is 24.9 Å². The molecule has 1 heterocycles. The van der Waals surface area contributed by atoms with Gasteiger partial charge in [-0.15, -0.1) is 0 Å². The fourth-order valence-electron chi connectivity index (χ4n) is 2.33. The largest absolute Gasteiger partial charge is 0.496 e. The highest BCUT2D eigenvalue weighted by atomic mass is 16.5. The summed E-state index contributed by atoms with van der Waals surface area (Å²) in [6.45, 7) is 2.96. The van der Waals surface area contributed by atoms with Crippen LogP contribution in [0, 0.1) is 6.92 Å². The van der Waals surface area contributed by atoms with Gasteiger partial charge in [0.25, 0.3) is 0 Å². The average Bonchev–Trinajstić information content (AvgIpc) is 2.45. The fourth-order valence-corrected chi connectivity index (χ4v) is 2.33. The summed E-state index contributed by atoms with van der Waals surface area (Å²) in [5, 5.41) is 3.25. The van der Waals surface area contributed by atoms with Crippen molar-refractivity contribution in [1.82, 2.24) is 10.3 Å². The van der Waals surface area contributed by atoms with Crippen LogP contribution in [0.1, 0.15) is 22.6 Å². The second-order valence-electron chi connectivity index (χ2n) is 4.63. The molecule has 0 bridgehead atoms. The van der Waals surface area contributed by atoms with Gasteiger partial charge in [-0.1, -0.05) is 18.2 Å². The molecule has 0 saturated heterocycles. The molecule has 1 aromatic carbocycles. The lowest BCUT2D eigenvalue weighted by Gasteiger charge is -2.18. The van der Waals surface area contributed by atoms with Crippen molar-refractivity contribution in [2.75, 3.05) is 20.7 Å². The smallest absolute Gasteiger partial charge is 0.121 e. The third-order valence-electron chi connectivity index (χ3n) is 3.32. The number of hydrogen-bond acceptors (Lipinski definition) is 3. The second kappa shape index (κ2) is 6.34. The highest BCUT2D eigenvalue weighted by Crippen LogP contribution is 2.27. The van der Waals surface area contributed by atoms with Gasteiger partial charge in [-0.3, -0.25) is 4.98 Å². The summed E-state index contributed by atoms with van der Waals surface area (Å²) in [5.41, 5.74) is 3.66. The van der Waals surface area contributed by atoms with Gasteiger partial charge in [-0.25, -0.2) is 0 Å². The van der Waals surface area contributed by atoms with Gasteiger partial charge in [0.05, 0.1) is 7.11 Å². The summed E-state index contributed by atoms with van der Waals surface area (Å²) in [6.07, 6.45) is 3.74. The zero-order valence-electron chi connectivity index (χ0n) is 11.7. The topological polar surface area (TPSA) is 34.2 Å². The molecular formula is C16H20N2O. The molecule has 0 aliphatic rings. The normalized spacial score (nSPS) is 12.2. The maximum absolute atomic E-state index is 5.32. The van der Waals surface area contributed by atoms with E-state index in [1.165, 1.54) is 11.1 Å². The summed E-state index contributed by atoms with van der Waals surface area (Å²) in [6, 6.07) is 10.4. The van der Waals surface area contributed by atoms with Crippen LogP contribution in [0.25, 0.3) is 0 Å². The Morgan fingerprint density at radius 3 is 2.68 bits per heavy atom. The highest BCUT2D eigenvalue weighted by Gasteiger charge is 2.14. The second-order valence-corrected chi connectivity index (χ2v) is 4.63. The van der Waals surface area contributed by atoms with Crippen LogP contribution in [0.3, 0.4) is 0 Å². The first kappa shape index (κ1) is 13.6. The number of benzene rings is 1. The van der Waals surface area contributed by atoms with E-state index in [9.17, 15) is 0 Å². The Morgan fingerprint density at radius 1 is 1.26 bits per heavy atom. The van der Waals surface area contributed by atoms with Crippen LogP contribution in [0.5, 0.6) is 5.75 Å². The minimum atomic E-state index is 0.309. The molecule has 0 fully saturated rings. The number of aryl methyl sites for hydroxylation is 1. The first-order valence-corrected chi connectivity index (χ1v) is 6.45. The number of hydrogen-bond donors (Lipinski definition) is 1. The molecule has 3 nitrogen and oxygen atoms in total. The van der Waals surface area contributed by atoms with Gasteiger partial charge in [0.1, 0.15) is 5.75 Å². The molecule has 1 unspecified atom stereocenters. The number of ether oxygens (including phenoxy) is 1. The van der Waals surface area contributed by atoms with Gasteiger partial charge in [-0.2, -0.15) is 0 Å². The molecule has 100 valence electrons. The van der Waals surface area contributed by atoms with E-state index in [0.29, 0.717) is 5.92 Å². The Hall–Kier alpha value is -1.87. The first-order chi connectivity index (χ1) is 9.26. The Balaban J connectivity index is 2.37. The summed E-state index contributed by atoms with van der Waals surface area (Å²) >= 11 is 0. The predicted octanol–water partition coefficient (Wildman–Crippen LogP) is 2.75. The monoisotopic (exact) mass is 256 g/mol. The van der Waals surface area contributed by atoms with Crippen molar-refractivity contribution in [3.05, 3.63) is 59.4 Å². The zero-order chi connectivity index (χ0) is 13.7. The molecule has 0 amide bonds. The Labute approximate surface area is 114 Å². The van der Waals surface area contributed by atoms with Crippen LogP contribution in [0.4, 0.5) is 0 Å². The van der Waals surface area contributed by atoms with Crippen LogP contribution in [0.2, 0.25) is 0 Å². The number of rotatable bonds is 5. The Bertz CT molecular complexity index is 526. The standard InChI is InChI=1S/C16H20N2O/c1-12-9-13(6-7-16(12)19-3)15(11-17-2)14-5-4-8-18-10-14/h4-10,15,17H,11H2,1-3H3. The SMILES string of the molecule is CNCC(c1cccnc1)c1ccc(OC)c(C)c1. The molecule has 0 spiro atoms. The van der Waals surface area contributed by atoms with Crippen LogP contribution in [-0.4, -0.2) is 25.7 Å². The molecule has 3 heteroatoms. The van der Waals surface area contributed by atoms with E-state index >= 15 is 0 Å². The Kier molecular flexibility index (Phi) is 4.53. The summed E-state index contributed by atoms with van der Waals surface area (Å²) in [4.78, 5) is 4.22. The van der Waals surface area contributed by atoms with E-state index in [-0.39, 0.29) is 0 Å². The molecule has 2 aromatic rings. The van der Waals surface area contributed by atoms with E-state index in [4.69, 9.17) is 4.74 Å². The molecule has 19 heavy (non-hydrogen) atoms. The van der Waals surface area contributed by atoms with Crippen molar-refractivity contribution in [1.29, 1.82) is 0 Å². The lowest BCUT2D eigenvalue weighted by Crippen LogP contribution is -2.18. The summed E-state index contributed by atoms with van der Waals surface area (Å²) < 4.78 is 5.32. The number of nitrogens with zero attached hydrogens (tertiary/aromatic N) is 1. The lowest BCUT2D eigenvalue weighted by atomic mass is 9.91. The molecule has 0 aliphatic heterocycles. The average molecular weight is 256 g/mol. The molecule has 0 radical (unpaired) electrons. The molecule has 2 rings (SSSR count). The van der Waals surface area contributed by atoms with Crippen molar-refractivity contribution in [2.24, 2.45) is 0 Å². The van der Waals surface area contributed by atoms with Gasteiger partial charge in [-0.05, 0) is 42.8 Å². The molecule has 0 aliphatic carbocycles. The van der Waals surface area contributed by atoms with Crippen molar-refractivity contribution in [2.45, 2.75) is 12.8 Å². The van der Waals surface area contributed by atoms with Crippen molar-refractivity contribution >= 4 is 0 Å². The molecule has 1 aromatic heterocycles. The van der Waals surface area contributed by atoms with Gasteiger partial charge >= 0.3 is 0 Å². The maximum atomic E-state index is 5.32. The number of likely N-dealkylation sites (N-methyl/N-ethyl adjacent to an activating group) is 1. The third-order valence-corrected chi connectivity index (χ3v) is 3.32. The summed E-state index contributed by atoms with van der Waals surface area (Å²) in [5.74, 6) is 1.24. The number of methoxy groups -OCH3 is 1.